The summed E-state index contributed by atoms with van der Waals surface area (Å²) in [5.74, 6) is 0.669. The van der Waals surface area contributed by atoms with Crippen molar-refractivity contribution in [3.8, 4) is 0 Å². The van der Waals surface area contributed by atoms with Gasteiger partial charge in [-0.3, -0.25) is 13.9 Å². The zero-order valence-corrected chi connectivity index (χ0v) is 10.6. The predicted octanol–water partition coefficient (Wildman–Crippen LogP) is -0.362. The molecule has 96 valence electrons. The summed E-state index contributed by atoms with van der Waals surface area (Å²) in [5, 5.41) is 3.23. The standard InChI is InChI=1S/C11H15N5O2/c1-6-4-5-16-7-8(13-10(16)12-6)14(2)11(18)15(3)9(7)17/h6H,4-5H2,1-3H3,(H,12,13). The molecule has 0 radical (unpaired) electrons. The SMILES string of the molecule is CC1CCn2c(nc3c2c(=O)n(C)c(=O)n3C)N1. The normalized spacial score (nSPS) is 18.7. The minimum Gasteiger partial charge on any atom is -0.353 e. The van der Waals surface area contributed by atoms with Gasteiger partial charge in [-0.05, 0) is 13.3 Å². The number of aryl methyl sites for hydroxylation is 2. The molecule has 1 atom stereocenters. The van der Waals surface area contributed by atoms with Gasteiger partial charge in [0.25, 0.3) is 5.56 Å². The number of anilines is 1. The zero-order valence-electron chi connectivity index (χ0n) is 10.6. The molecule has 0 fully saturated rings. The number of hydrogen-bond acceptors (Lipinski definition) is 4. The quantitative estimate of drug-likeness (QED) is 0.692. The maximum atomic E-state index is 12.2. The highest BCUT2D eigenvalue weighted by molar-refractivity contribution is 5.74. The highest BCUT2D eigenvalue weighted by Crippen LogP contribution is 2.21. The van der Waals surface area contributed by atoms with Gasteiger partial charge in [-0.2, -0.15) is 4.98 Å². The third-order valence-electron chi connectivity index (χ3n) is 3.51. The van der Waals surface area contributed by atoms with E-state index in [-0.39, 0.29) is 11.2 Å². The summed E-state index contributed by atoms with van der Waals surface area (Å²) in [6.07, 6.45) is 0.935. The minimum absolute atomic E-state index is 0.289. The lowest BCUT2D eigenvalue weighted by molar-refractivity contribution is 0.559. The number of nitrogens with one attached hydrogen (secondary N) is 1. The Bertz CT molecular complexity index is 751. The zero-order chi connectivity index (χ0) is 13.0. The molecular weight excluding hydrogens is 234 g/mol. The molecule has 1 N–H and O–H groups in total. The van der Waals surface area contributed by atoms with Gasteiger partial charge in [-0.25, -0.2) is 4.79 Å². The maximum absolute atomic E-state index is 12.2. The van der Waals surface area contributed by atoms with Gasteiger partial charge in [0.15, 0.2) is 11.2 Å². The van der Waals surface area contributed by atoms with E-state index in [1.807, 2.05) is 4.57 Å². The Morgan fingerprint density at radius 1 is 1.28 bits per heavy atom. The van der Waals surface area contributed by atoms with Crippen molar-refractivity contribution in [2.24, 2.45) is 14.1 Å². The first-order chi connectivity index (χ1) is 8.50. The summed E-state index contributed by atoms with van der Waals surface area (Å²) in [4.78, 5) is 28.4. The van der Waals surface area contributed by atoms with Crippen molar-refractivity contribution in [2.45, 2.75) is 25.9 Å². The van der Waals surface area contributed by atoms with Crippen molar-refractivity contribution in [1.29, 1.82) is 0 Å². The Balaban J connectivity index is 2.47. The summed E-state index contributed by atoms with van der Waals surface area (Å²) in [6.45, 7) is 2.81. The molecular formula is C11H15N5O2. The molecule has 7 heteroatoms. The third-order valence-corrected chi connectivity index (χ3v) is 3.51. The Hall–Kier alpha value is -2.05. The molecule has 1 unspecified atom stereocenters. The molecule has 3 rings (SSSR count). The molecule has 3 heterocycles. The van der Waals surface area contributed by atoms with E-state index in [0.717, 1.165) is 17.5 Å². The minimum atomic E-state index is -0.351. The van der Waals surface area contributed by atoms with Crippen LogP contribution in [0.25, 0.3) is 11.2 Å². The van der Waals surface area contributed by atoms with Crippen molar-refractivity contribution in [1.82, 2.24) is 18.7 Å². The van der Waals surface area contributed by atoms with Gasteiger partial charge < -0.3 is 9.88 Å². The lowest BCUT2D eigenvalue weighted by Crippen LogP contribution is -2.37. The number of rotatable bonds is 0. The van der Waals surface area contributed by atoms with Crippen LogP contribution in [0.1, 0.15) is 13.3 Å². The molecule has 0 aliphatic carbocycles. The second-order valence-corrected chi connectivity index (χ2v) is 4.80. The molecule has 0 saturated heterocycles. The first-order valence-electron chi connectivity index (χ1n) is 5.93. The van der Waals surface area contributed by atoms with Crippen LogP contribution in [0.2, 0.25) is 0 Å². The highest BCUT2D eigenvalue weighted by Gasteiger charge is 2.22. The van der Waals surface area contributed by atoms with Crippen LogP contribution >= 0.6 is 0 Å². The van der Waals surface area contributed by atoms with Gasteiger partial charge in [0.05, 0.1) is 0 Å². The van der Waals surface area contributed by atoms with Crippen LogP contribution in [0.5, 0.6) is 0 Å². The van der Waals surface area contributed by atoms with Crippen LogP contribution in [-0.4, -0.2) is 24.7 Å². The summed E-state index contributed by atoms with van der Waals surface area (Å²) >= 11 is 0. The largest absolute Gasteiger partial charge is 0.353 e. The molecule has 1 aliphatic heterocycles. The summed E-state index contributed by atoms with van der Waals surface area (Å²) in [5.41, 5.74) is 0.299. The smallest absolute Gasteiger partial charge is 0.332 e. The van der Waals surface area contributed by atoms with Crippen molar-refractivity contribution in [3.05, 3.63) is 20.8 Å². The van der Waals surface area contributed by atoms with Crippen molar-refractivity contribution < 1.29 is 0 Å². The van der Waals surface area contributed by atoms with Crippen molar-refractivity contribution >= 4 is 17.1 Å². The molecule has 2 aromatic rings. The molecule has 18 heavy (non-hydrogen) atoms. The second kappa shape index (κ2) is 3.47. The van der Waals surface area contributed by atoms with Gasteiger partial charge in [-0.1, -0.05) is 0 Å². The lowest BCUT2D eigenvalue weighted by Gasteiger charge is -2.22. The van der Waals surface area contributed by atoms with Crippen LogP contribution in [0.15, 0.2) is 9.59 Å². The first kappa shape index (κ1) is 11.1. The fourth-order valence-corrected chi connectivity index (χ4v) is 2.39. The Morgan fingerprint density at radius 2 is 2.00 bits per heavy atom. The van der Waals surface area contributed by atoms with E-state index >= 15 is 0 Å². The molecule has 0 spiro atoms. The van der Waals surface area contributed by atoms with E-state index < -0.39 is 0 Å². The van der Waals surface area contributed by atoms with Gasteiger partial charge in [-0.15, -0.1) is 0 Å². The monoisotopic (exact) mass is 249 g/mol. The molecule has 7 nitrogen and oxygen atoms in total. The fraction of sp³-hybridized carbons (Fsp3) is 0.545. The number of imidazole rings is 1. The first-order valence-corrected chi connectivity index (χ1v) is 5.93. The summed E-state index contributed by atoms with van der Waals surface area (Å²) in [7, 11) is 3.12. The average molecular weight is 249 g/mol. The molecule has 0 aromatic carbocycles. The van der Waals surface area contributed by atoms with Crippen LogP contribution in [0.4, 0.5) is 5.95 Å². The number of fused-ring (bicyclic) bond motifs is 3. The van der Waals surface area contributed by atoms with Gasteiger partial charge in [0.2, 0.25) is 5.95 Å². The maximum Gasteiger partial charge on any atom is 0.332 e. The van der Waals surface area contributed by atoms with E-state index in [1.165, 1.54) is 11.6 Å². The molecule has 2 aromatic heterocycles. The third kappa shape index (κ3) is 1.27. The Morgan fingerprint density at radius 3 is 2.72 bits per heavy atom. The van der Waals surface area contributed by atoms with Gasteiger partial charge >= 0.3 is 5.69 Å². The molecule has 1 aliphatic rings. The predicted molar refractivity (Wildman–Crippen MR) is 67.9 cm³/mol. The average Bonchev–Trinajstić information content (AvgIpc) is 2.72. The highest BCUT2D eigenvalue weighted by atomic mass is 16.2. The molecule has 0 amide bonds. The Labute approximate surface area is 103 Å². The van der Waals surface area contributed by atoms with Crippen molar-refractivity contribution in [2.75, 3.05) is 5.32 Å². The molecule has 0 saturated carbocycles. The van der Waals surface area contributed by atoms with Gasteiger partial charge in [0, 0.05) is 26.7 Å². The summed E-state index contributed by atoms with van der Waals surface area (Å²) in [6, 6.07) is 0.329. The van der Waals surface area contributed by atoms with E-state index in [0.29, 0.717) is 23.2 Å². The van der Waals surface area contributed by atoms with Gasteiger partial charge in [0.1, 0.15) is 0 Å². The summed E-state index contributed by atoms with van der Waals surface area (Å²) < 4.78 is 4.39. The Kier molecular flexibility index (Phi) is 2.13. The van der Waals surface area contributed by atoms with Crippen LogP contribution in [0.3, 0.4) is 0 Å². The van der Waals surface area contributed by atoms with Crippen LogP contribution in [0, 0.1) is 0 Å². The van der Waals surface area contributed by atoms with E-state index in [4.69, 9.17) is 0 Å². The van der Waals surface area contributed by atoms with E-state index in [2.05, 4.69) is 17.2 Å². The second-order valence-electron chi connectivity index (χ2n) is 4.80. The number of hydrogen-bond donors (Lipinski definition) is 1. The molecule has 0 bridgehead atoms. The number of aromatic nitrogens is 4. The van der Waals surface area contributed by atoms with Crippen molar-refractivity contribution in [3.63, 3.8) is 0 Å². The van der Waals surface area contributed by atoms with E-state index in [1.54, 1.807) is 7.05 Å². The lowest BCUT2D eigenvalue weighted by atomic mass is 10.2. The van der Waals surface area contributed by atoms with E-state index in [9.17, 15) is 9.59 Å². The number of nitrogens with zero attached hydrogens (tertiary/aromatic N) is 4. The topological polar surface area (TPSA) is 73.8 Å². The van der Waals surface area contributed by atoms with Crippen LogP contribution < -0.4 is 16.6 Å². The van der Waals surface area contributed by atoms with Crippen LogP contribution in [-0.2, 0) is 20.6 Å². The fourth-order valence-electron chi connectivity index (χ4n) is 2.39.